The van der Waals surface area contributed by atoms with Gasteiger partial charge in [-0.05, 0) is 50.5 Å². The molecule has 2 aromatic rings. The van der Waals surface area contributed by atoms with E-state index >= 15 is 0 Å². The summed E-state index contributed by atoms with van der Waals surface area (Å²) in [6.07, 6.45) is 3.80. The Hall–Kier alpha value is -2.37. The minimum atomic E-state index is -0.195. The van der Waals surface area contributed by atoms with Crippen molar-refractivity contribution in [1.82, 2.24) is 15.2 Å². The lowest BCUT2D eigenvalue weighted by Gasteiger charge is -2.28. The van der Waals surface area contributed by atoms with Gasteiger partial charge in [0.05, 0.1) is 0 Å². The number of carbonyl (C=O) groups excluding carboxylic acids is 1. The molecule has 0 saturated carbocycles. The number of aryl methyl sites for hydroxylation is 1. The van der Waals surface area contributed by atoms with E-state index in [0.717, 1.165) is 13.1 Å². The molecule has 0 radical (unpaired) electrons. The van der Waals surface area contributed by atoms with Crippen molar-refractivity contribution in [1.29, 1.82) is 0 Å². The van der Waals surface area contributed by atoms with E-state index in [9.17, 15) is 4.79 Å². The Morgan fingerprint density at radius 2 is 1.90 bits per heavy atom. The normalized spacial score (nSPS) is 15.0. The standard InChI is InChI=1S/C15H19N5O/c1-11-16-15(19-18-11)17-14(21)12-5-7-13(8-6-12)20-9-3-2-4-10-20/h5-8H,2-4,9-10H2,1H3,(H2,16,17,18,19,21). The van der Waals surface area contributed by atoms with Gasteiger partial charge in [-0.3, -0.25) is 15.2 Å². The van der Waals surface area contributed by atoms with Crippen LogP contribution in [0.2, 0.25) is 0 Å². The SMILES string of the molecule is Cc1nc(NC(=O)c2ccc(N3CCCCC3)cc2)n[nH]1. The second kappa shape index (κ2) is 5.95. The molecule has 0 atom stereocenters. The summed E-state index contributed by atoms with van der Waals surface area (Å²) < 4.78 is 0. The molecule has 2 heterocycles. The van der Waals surface area contributed by atoms with Crippen LogP contribution in [-0.2, 0) is 0 Å². The number of nitrogens with one attached hydrogen (secondary N) is 2. The molecule has 1 fully saturated rings. The zero-order valence-electron chi connectivity index (χ0n) is 12.1. The van der Waals surface area contributed by atoms with Gasteiger partial charge in [0.2, 0.25) is 5.95 Å². The summed E-state index contributed by atoms with van der Waals surface area (Å²) in [5.41, 5.74) is 1.79. The number of H-pyrrole nitrogens is 1. The molecule has 3 rings (SSSR count). The van der Waals surface area contributed by atoms with E-state index in [1.807, 2.05) is 24.3 Å². The van der Waals surface area contributed by atoms with Gasteiger partial charge in [-0.25, -0.2) is 0 Å². The number of amides is 1. The molecule has 0 spiro atoms. The molecule has 1 amide bonds. The van der Waals surface area contributed by atoms with Gasteiger partial charge < -0.3 is 4.90 Å². The van der Waals surface area contributed by atoms with Crippen LogP contribution in [0.15, 0.2) is 24.3 Å². The molecule has 6 nitrogen and oxygen atoms in total. The molecule has 1 aliphatic heterocycles. The summed E-state index contributed by atoms with van der Waals surface area (Å²) in [5.74, 6) is 0.780. The Morgan fingerprint density at radius 3 is 2.52 bits per heavy atom. The largest absolute Gasteiger partial charge is 0.372 e. The second-order valence-electron chi connectivity index (χ2n) is 5.29. The van der Waals surface area contributed by atoms with Crippen molar-refractivity contribution in [3.05, 3.63) is 35.7 Å². The summed E-state index contributed by atoms with van der Waals surface area (Å²) in [5, 5.41) is 9.26. The Labute approximate surface area is 123 Å². The van der Waals surface area contributed by atoms with E-state index in [0.29, 0.717) is 17.3 Å². The number of aromatic nitrogens is 3. The van der Waals surface area contributed by atoms with Gasteiger partial charge in [-0.15, -0.1) is 5.10 Å². The molecule has 1 saturated heterocycles. The zero-order valence-corrected chi connectivity index (χ0v) is 12.1. The second-order valence-corrected chi connectivity index (χ2v) is 5.29. The highest BCUT2D eigenvalue weighted by molar-refractivity contribution is 6.03. The Bertz CT molecular complexity index is 613. The zero-order chi connectivity index (χ0) is 14.7. The Balaban J connectivity index is 1.67. The highest BCUT2D eigenvalue weighted by Gasteiger charge is 2.12. The molecule has 0 unspecified atom stereocenters. The van der Waals surface area contributed by atoms with Crippen LogP contribution in [0.4, 0.5) is 11.6 Å². The molecule has 1 aliphatic rings. The maximum atomic E-state index is 12.1. The lowest BCUT2D eigenvalue weighted by Crippen LogP contribution is -2.29. The Morgan fingerprint density at radius 1 is 1.19 bits per heavy atom. The van der Waals surface area contributed by atoms with Crippen LogP contribution in [0.3, 0.4) is 0 Å². The summed E-state index contributed by atoms with van der Waals surface area (Å²) in [7, 11) is 0. The molecule has 0 aliphatic carbocycles. The van der Waals surface area contributed by atoms with Gasteiger partial charge in [0.1, 0.15) is 5.82 Å². The van der Waals surface area contributed by atoms with Crippen LogP contribution in [0, 0.1) is 6.92 Å². The van der Waals surface area contributed by atoms with Crippen LogP contribution in [0.25, 0.3) is 0 Å². The molecule has 110 valence electrons. The fourth-order valence-corrected chi connectivity index (χ4v) is 2.55. The van der Waals surface area contributed by atoms with Crippen molar-refractivity contribution in [2.45, 2.75) is 26.2 Å². The van der Waals surface area contributed by atoms with Crippen LogP contribution in [0.1, 0.15) is 35.4 Å². The number of benzene rings is 1. The van der Waals surface area contributed by atoms with E-state index in [2.05, 4.69) is 25.4 Å². The first kappa shape index (κ1) is 13.6. The van der Waals surface area contributed by atoms with Gasteiger partial charge in [-0.2, -0.15) is 4.98 Å². The third-order valence-corrected chi connectivity index (χ3v) is 3.67. The van der Waals surface area contributed by atoms with E-state index in [1.54, 1.807) is 6.92 Å². The van der Waals surface area contributed by atoms with Gasteiger partial charge in [0.25, 0.3) is 5.91 Å². The molecule has 21 heavy (non-hydrogen) atoms. The highest BCUT2D eigenvalue weighted by atomic mass is 16.1. The van der Waals surface area contributed by atoms with Crippen molar-refractivity contribution in [2.75, 3.05) is 23.3 Å². The molecule has 2 N–H and O–H groups in total. The number of hydrogen-bond acceptors (Lipinski definition) is 4. The number of nitrogens with zero attached hydrogens (tertiary/aromatic N) is 3. The number of carbonyl (C=O) groups is 1. The topological polar surface area (TPSA) is 73.9 Å². The molecule has 1 aromatic heterocycles. The first-order valence-corrected chi connectivity index (χ1v) is 7.28. The van der Waals surface area contributed by atoms with Crippen molar-refractivity contribution in [2.24, 2.45) is 0 Å². The van der Waals surface area contributed by atoms with E-state index in [4.69, 9.17) is 0 Å². The predicted octanol–water partition coefficient (Wildman–Crippen LogP) is 2.36. The molecular formula is C15H19N5O. The summed E-state index contributed by atoms with van der Waals surface area (Å²) in [4.78, 5) is 18.5. The fourth-order valence-electron chi connectivity index (χ4n) is 2.55. The first-order valence-electron chi connectivity index (χ1n) is 7.28. The number of rotatable bonds is 3. The van der Waals surface area contributed by atoms with Crippen LogP contribution < -0.4 is 10.2 Å². The minimum absolute atomic E-state index is 0.195. The van der Waals surface area contributed by atoms with Crippen LogP contribution >= 0.6 is 0 Å². The quantitative estimate of drug-likeness (QED) is 0.908. The van der Waals surface area contributed by atoms with Gasteiger partial charge in [-0.1, -0.05) is 0 Å². The monoisotopic (exact) mass is 285 g/mol. The van der Waals surface area contributed by atoms with E-state index in [1.165, 1.54) is 24.9 Å². The number of anilines is 2. The average molecular weight is 285 g/mol. The van der Waals surface area contributed by atoms with Crippen molar-refractivity contribution in [3.8, 4) is 0 Å². The maximum absolute atomic E-state index is 12.1. The summed E-state index contributed by atoms with van der Waals surface area (Å²) in [6.45, 7) is 3.99. The van der Waals surface area contributed by atoms with Crippen LogP contribution in [-0.4, -0.2) is 34.2 Å². The predicted molar refractivity (Wildman–Crippen MR) is 81.6 cm³/mol. The van der Waals surface area contributed by atoms with Crippen molar-refractivity contribution >= 4 is 17.5 Å². The number of hydrogen-bond donors (Lipinski definition) is 2. The van der Waals surface area contributed by atoms with Gasteiger partial charge in [0, 0.05) is 24.3 Å². The maximum Gasteiger partial charge on any atom is 0.258 e. The summed E-state index contributed by atoms with van der Waals surface area (Å²) >= 11 is 0. The Kier molecular flexibility index (Phi) is 3.85. The third kappa shape index (κ3) is 3.21. The van der Waals surface area contributed by atoms with Crippen molar-refractivity contribution in [3.63, 3.8) is 0 Å². The van der Waals surface area contributed by atoms with Crippen LogP contribution in [0.5, 0.6) is 0 Å². The highest BCUT2D eigenvalue weighted by Crippen LogP contribution is 2.20. The van der Waals surface area contributed by atoms with E-state index in [-0.39, 0.29) is 5.91 Å². The molecule has 0 bridgehead atoms. The van der Waals surface area contributed by atoms with Gasteiger partial charge >= 0.3 is 0 Å². The molecular weight excluding hydrogens is 266 g/mol. The average Bonchev–Trinajstić information content (AvgIpc) is 2.93. The third-order valence-electron chi connectivity index (χ3n) is 3.67. The van der Waals surface area contributed by atoms with Crippen molar-refractivity contribution < 1.29 is 4.79 Å². The summed E-state index contributed by atoms with van der Waals surface area (Å²) in [6, 6.07) is 7.70. The first-order chi connectivity index (χ1) is 10.2. The fraction of sp³-hybridized carbons (Fsp3) is 0.400. The molecule has 6 heteroatoms. The molecule has 1 aromatic carbocycles. The number of aromatic amines is 1. The lowest BCUT2D eigenvalue weighted by molar-refractivity contribution is 0.102. The van der Waals surface area contributed by atoms with E-state index < -0.39 is 0 Å². The number of piperidine rings is 1. The smallest absolute Gasteiger partial charge is 0.258 e. The lowest BCUT2D eigenvalue weighted by atomic mass is 10.1. The minimum Gasteiger partial charge on any atom is -0.372 e. The van der Waals surface area contributed by atoms with Gasteiger partial charge in [0.15, 0.2) is 0 Å².